The molecule has 0 radical (unpaired) electrons. The molecule has 0 spiro atoms. The Morgan fingerprint density at radius 2 is 2.00 bits per heavy atom. The molecule has 0 aromatic carbocycles. The van der Waals surface area contributed by atoms with E-state index in [2.05, 4.69) is 25.7 Å². The molecule has 1 aliphatic heterocycles. The maximum Gasteiger partial charge on any atom is 0.0223 e. The summed E-state index contributed by atoms with van der Waals surface area (Å²) >= 11 is 0. The lowest BCUT2D eigenvalue weighted by molar-refractivity contribution is 0.0760. The second kappa shape index (κ2) is 4.24. The molecule has 3 unspecified atom stereocenters. The van der Waals surface area contributed by atoms with E-state index in [0.29, 0.717) is 6.04 Å². The van der Waals surface area contributed by atoms with Gasteiger partial charge in [0.2, 0.25) is 0 Å². The van der Waals surface area contributed by atoms with Gasteiger partial charge in [-0.3, -0.25) is 4.90 Å². The number of hydrogen-bond donors (Lipinski definition) is 1. The zero-order chi connectivity index (χ0) is 9.14. The third-order valence-corrected chi connectivity index (χ3v) is 3.09. The molecule has 72 valence electrons. The number of likely N-dealkylation sites (N-methyl/N-ethyl adjacent to an activating group) is 1. The number of nitrogens with two attached hydrogens (primary N) is 1. The van der Waals surface area contributed by atoms with Gasteiger partial charge in [-0.25, -0.2) is 0 Å². The molecule has 1 heterocycles. The average Bonchev–Trinajstić information content (AvgIpc) is 2.03. The van der Waals surface area contributed by atoms with Crippen LogP contribution in [0.4, 0.5) is 0 Å². The van der Waals surface area contributed by atoms with Crippen LogP contribution >= 0.6 is 0 Å². The summed E-state index contributed by atoms with van der Waals surface area (Å²) in [6.45, 7) is 8.86. The van der Waals surface area contributed by atoms with E-state index in [4.69, 9.17) is 5.73 Å². The zero-order valence-electron chi connectivity index (χ0n) is 8.59. The molecule has 0 aromatic heterocycles. The molecule has 0 bridgehead atoms. The van der Waals surface area contributed by atoms with E-state index in [1.54, 1.807) is 0 Å². The van der Waals surface area contributed by atoms with E-state index in [1.807, 2.05) is 0 Å². The first-order valence-electron chi connectivity index (χ1n) is 5.14. The van der Waals surface area contributed by atoms with Crippen molar-refractivity contribution < 1.29 is 0 Å². The van der Waals surface area contributed by atoms with Crippen LogP contribution in [0.1, 0.15) is 33.6 Å². The molecule has 1 fully saturated rings. The topological polar surface area (TPSA) is 29.3 Å². The minimum atomic E-state index is 0.633. The molecule has 1 saturated heterocycles. The van der Waals surface area contributed by atoms with E-state index in [9.17, 15) is 0 Å². The van der Waals surface area contributed by atoms with Gasteiger partial charge >= 0.3 is 0 Å². The summed E-state index contributed by atoms with van der Waals surface area (Å²) in [7, 11) is 0. The first-order chi connectivity index (χ1) is 5.69. The molecule has 0 aromatic rings. The Labute approximate surface area is 76.1 Å². The molecular weight excluding hydrogens is 148 g/mol. The van der Waals surface area contributed by atoms with E-state index < -0.39 is 0 Å². The van der Waals surface area contributed by atoms with Crippen LogP contribution in [0.2, 0.25) is 0 Å². The lowest BCUT2D eigenvalue weighted by atomic mass is 9.88. The molecule has 2 N–H and O–H groups in total. The second-order valence-electron chi connectivity index (χ2n) is 4.15. The molecule has 0 amide bonds. The molecule has 2 nitrogen and oxygen atoms in total. The molecule has 2 heteroatoms. The fraction of sp³-hybridized carbons (Fsp3) is 1.00. The van der Waals surface area contributed by atoms with Crippen LogP contribution in [-0.2, 0) is 0 Å². The summed E-state index contributed by atoms with van der Waals surface area (Å²) in [5, 5.41) is 0. The highest BCUT2D eigenvalue weighted by Crippen LogP contribution is 2.26. The van der Waals surface area contributed by atoms with Gasteiger partial charge in [0.05, 0.1) is 0 Å². The maximum atomic E-state index is 5.75. The van der Waals surface area contributed by atoms with Gasteiger partial charge in [0.25, 0.3) is 0 Å². The van der Waals surface area contributed by atoms with Crippen molar-refractivity contribution >= 4 is 0 Å². The third kappa shape index (κ3) is 1.99. The van der Waals surface area contributed by atoms with Crippen LogP contribution in [-0.4, -0.2) is 30.1 Å². The predicted octanol–water partition coefficient (Wildman–Crippen LogP) is 1.45. The monoisotopic (exact) mass is 170 g/mol. The van der Waals surface area contributed by atoms with Gasteiger partial charge in [-0.1, -0.05) is 13.8 Å². The van der Waals surface area contributed by atoms with E-state index in [-0.39, 0.29) is 0 Å². The number of piperidine rings is 1. The van der Waals surface area contributed by atoms with Gasteiger partial charge in [-0.2, -0.15) is 0 Å². The normalized spacial score (nSPS) is 38.5. The van der Waals surface area contributed by atoms with Crippen molar-refractivity contribution in [2.24, 2.45) is 11.7 Å². The summed E-state index contributed by atoms with van der Waals surface area (Å²) in [5.41, 5.74) is 5.75. The van der Waals surface area contributed by atoms with Gasteiger partial charge in [-0.05, 0) is 32.2 Å². The van der Waals surface area contributed by atoms with Crippen LogP contribution in [0.5, 0.6) is 0 Å². The number of hydrogen-bond acceptors (Lipinski definition) is 2. The Morgan fingerprint density at radius 3 is 2.50 bits per heavy atom. The molecule has 1 aliphatic rings. The van der Waals surface area contributed by atoms with Crippen LogP contribution in [0, 0.1) is 5.92 Å². The standard InChI is InChI=1S/C10H22N2/c1-4-12-9(3)5-8(2)6-10(12)7-11/h8-10H,4-7,11H2,1-3H3. The van der Waals surface area contributed by atoms with Crippen LogP contribution in [0.3, 0.4) is 0 Å². The highest BCUT2D eigenvalue weighted by molar-refractivity contribution is 4.84. The fourth-order valence-electron chi connectivity index (χ4n) is 2.58. The highest BCUT2D eigenvalue weighted by atomic mass is 15.2. The lowest BCUT2D eigenvalue weighted by Crippen LogP contribution is -2.50. The summed E-state index contributed by atoms with van der Waals surface area (Å²) < 4.78 is 0. The van der Waals surface area contributed by atoms with E-state index >= 15 is 0 Å². The quantitative estimate of drug-likeness (QED) is 0.679. The maximum absolute atomic E-state index is 5.75. The number of likely N-dealkylation sites (tertiary alicyclic amines) is 1. The fourth-order valence-corrected chi connectivity index (χ4v) is 2.58. The van der Waals surface area contributed by atoms with Crippen molar-refractivity contribution in [1.29, 1.82) is 0 Å². The Bertz CT molecular complexity index is 136. The van der Waals surface area contributed by atoms with Crippen molar-refractivity contribution in [3.8, 4) is 0 Å². The summed E-state index contributed by atoms with van der Waals surface area (Å²) in [4.78, 5) is 2.54. The minimum Gasteiger partial charge on any atom is -0.329 e. The van der Waals surface area contributed by atoms with Gasteiger partial charge in [0.1, 0.15) is 0 Å². The van der Waals surface area contributed by atoms with Crippen molar-refractivity contribution in [1.82, 2.24) is 4.90 Å². The van der Waals surface area contributed by atoms with Crippen LogP contribution in [0.25, 0.3) is 0 Å². The lowest BCUT2D eigenvalue weighted by Gasteiger charge is -2.42. The SMILES string of the molecule is CCN1C(C)CC(C)CC1CN. The Hall–Kier alpha value is -0.0800. The second-order valence-corrected chi connectivity index (χ2v) is 4.15. The number of nitrogens with zero attached hydrogens (tertiary/aromatic N) is 1. The van der Waals surface area contributed by atoms with E-state index in [1.165, 1.54) is 12.8 Å². The molecule has 12 heavy (non-hydrogen) atoms. The molecule has 0 saturated carbocycles. The average molecular weight is 170 g/mol. The Balaban J connectivity index is 2.56. The largest absolute Gasteiger partial charge is 0.329 e. The third-order valence-electron chi connectivity index (χ3n) is 3.09. The molecule has 3 atom stereocenters. The zero-order valence-corrected chi connectivity index (χ0v) is 8.59. The summed E-state index contributed by atoms with van der Waals surface area (Å²) in [6, 6.07) is 1.36. The Morgan fingerprint density at radius 1 is 1.33 bits per heavy atom. The highest BCUT2D eigenvalue weighted by Gasteiger charge is 2.28. The van der Waals surface area contributed by atoms with Crippen molar-refractivity contribution in [2.45, 2.75) is 45.7 Å². The first kappa shape index (κ1) is 10.0. The molecule has 1 rings (SSSR count). The molecule has 0 aliphatic carbocycles. The molecular formula is C10H22N2. The van der Waals surface area contributed by atoms with Crippen molar-refractivity contribution in [2.75, 3.05) is 13.1 Å². The van der Waals surface area contributed by atoms with Gasteiger partial charge in [0.15, 0.2) is 0 Å². The smallest absolute Gasteiger partial charge is 0.0223 e. The minimum absolute atomic E-state index is 0.633. The van der Waals surface area contributed by atoms with Gasteiger partial charge < -0.3 is 5.73 Å². The van der Waals surface area contributed by atoms with E-state index in [0.717, 1.165) is 25.0 Å². The first-order valence-corrected chi connectivity index (χ1v) is 5.14. The summed E-state index contributed by atoms with van der Waals surface area (Å²) in [5.74, 6) is 0.858. The van der Waals surface area contributed by atoms with Crippen molar-refractivity contribution in [3.63, 3.8) is 0 Å². The van der Waals surface area contributed by atoms with Crippen molar-refractivity contribution in [3.05, 3.63) is 0 Å². The van der Waals surface area contributed by atoms with Crippen LogP contribution < -0.4 is 5.73 Å². The Kier molecular flexibility index (Phi) is 3.53. The van der Waals surface area contributed by atoms with Gasteiger partial charge in [0, 0.05) is 18.6 Å². The predicted molar refractivity (Wildman–Crippen MR) is 53.1 cm³/mol. The van der Waals surface area contributed by atoms with Crippen LogP contribution in [0.15, 0.2) is 0 Å². The number of rotatable bonds is 2. The van der Waals surface area contributed by atoms with Gasteiger partial charge in [-0.15, -0.1) is 0 Å². The summed E-state index contributed by atoms with van der Waals surface area (Å²) in [6.07, 6.45) is 2.62.